The first-order valence-corrected chi connectivity index (χ1v) is 12.8. The molecule has 2 aromatic rings. The van der Waals surface area contributed by atoms with Crippen LogP contribution in [0, 0.1) is 29.5 Å². The summed E-state index contributed by atoms with van der Waals surface area (Å²) in [5.74, 6) is 0.578. The zero-order chi connectivity index (χ0) is 23.8. The monoisotopic (exact) mass is 469 g/mol. The summed E-state index contributed by atoms with van der Waals surface area (Å²) in [6.45, 7) is 1.83. The fourth-order valence-electron chi connectivity index (χ4n) is 7.87. The van der Waals surface area contributed by atoms with E-state index in [0.29, 0.717) is 45.5 Å². The van der Waals surface area contributed by atoms with Crippen molar-refractivity contribution in [3.8, 4) is 0 Å². The average molecular weight is 470 g/mol. The van der Waals surface area contributed by atoms with Crippen LogP contribution in [0.25, 0.3) is 5.70 Å². The Morgan fingerprint density at radius 3 is 2.23 bits per heavy atom. The molecule has 4 nitrogen and oxygen atoms in total. The molecule has 1 atom stereocenters. The number of allylic oxidation sites excluding steroid dienone is 2. The maximum absolute atomic E-state index is 15.2. The molecule has 4 saturated carbocycles. The van der Waals surface area contributed by atoms with Gasteiger partial charge >= 0.3 is 5.97 Å². The molecule has 0 aromatic heterocycles. The van der Waals surface area contributed by atoms with Crippen molar-refractivity contribution >= 4 is 17.4 Å². The number of Topliss-reactive ketones (excluding diaryl/α,β-unsaturated/α-hetero) is 1. The Labute approximate surface area is 204 Å². The minimum absolute atomic E-state index is 0.0799. The SMILES string of the molecule is CC1=C(C(=O)OC2C3CC4CC(C3)CC2C4)[C@@H](c2ccccc2F)C2=C(N1)c1ccccc1C2=O. The number of hydrogen-bond acceptors (Lipinski definition) is 4. The van der Waals surface area contributed by atoms with E-state index in [1.54, 1.807) is 24.3 Å². The van der Waals surface area contributed by atoms with E-state index < -0.39 is 17.7 Å². The molecule has 0 radical (unpaired) electrons. The average Bonchev–Trinajstić information content (AvgIpc) is 3.12. The summed E-state index contributed by atoms with van der Waals surface area (Å²) < 4.78 is 21.5. The summed E-state index contributed by atoms with van der Waals surface area (Å²) in [6, 6.07) is 13.8. The number of carbonyl (C=O) groups is 2. The minimum atomic E-state index is -0.809. The number of halogens is 1. The summed E-state index contributed by atoms with van der Waals surface area (Å²) in [4.78, 5) is 27.5. The van der Waals surface area contributed by atoms with Crippen LogP contribution in [-0.2, 0) is 9.53 Å². The van der Waals surface area contributed by atoms with Gasteiger partial charge < -0.3 is 10.1 Å². The second-order valence-electron chi connectivity index (χ2n) is 11.1. The van der Waals surface area contributed by atoms with E-state index in [-0.39, 0.29) is 11.9 Å². The predicted octanol–water partition coefficient (Wildman–Crippen LogP) is 5.76. The molecular weight excluding hydrogens is 441 g/mol. The summed E-state index contributed by atoms with van der Waals surface area (Å²) in [5.41, 5.74) is 3.77. The van der Waals surface area contributed by atoms with E-state index in [2.05, 4.69) is 5.32 Å². The smallest absolute Gasteiger partial charge is 0.337 e. The zero-order valence-corrected chi connectivity index (χ0v) is 19.7. The number of rotatable bonds is 3. The van der Waals surface area contributed by atoms with Crippen LogP contribution >= 0.6 is 0 Å². The van der Waals surface area contributed by atoms with Crippen molar-refractivity contribution in [3.05, 3.63) is 87.9 Å². The fourth-order valence-corrected chi connectivity index (χ4v) is 7.87. The predicted molar refractivity (Wildman–Crippen MR) is 130 cm³/mol. The zero-order valence-electron chi connectivity index (χ0n) is 19.7. The van der Waals surface area contributed by atoms with E-state index in [0.717, 1.165) is 43.1 Å². The number of dihydropyridines is 1. The van der Waals surface area contributed by atoms with Crippen LogP contribution in [0.15, 0.2) is 65.4 Å². The van der Waals surface area contributed by atoms with Crippen LogP contribution < -0.4 is 5.32 Å². The maximum atomic E-state index is 15.2. The molecule has 1 heterocycles. The Bertz CT molecular complexity index is 1310. The van der Waals surface area contributed by atoms with Crippen LogP contribution in [-0.4, -0.2) is 17.9 Å². The Kier molecular flexibility index (Phi) is 4.61. The lowest BCUT2D eigenvalue weighted by atomic mass is 9.55. The second kappa shape index (κ2) is 7.64. The molecule has 8 rings (SSSR count). The van der Waals surface area contributed by atoms with Crippen LogP contribution in [0.2, 0.25) is 0 Å². The van der Waals surface area contributed by atoms with Gasteiger partial charge in [-0.1, -0.05) is 42.5 Å². The Morgan fingerprint density at radius 1 is 0.914 bits per heavy atom. The molecule has 5 heteroatoms. The Hall–Kier alpha value is -3.21. The highest BCUT2D eigenvalue weighted by molar-refractivity contribution is 6.23. The molecular formula is C30H28FNO3. The van der Waals surface area contributed by atoms with Gasteiger partial charge in [0.15, 0.2) is 5.78 Å². The highest BCUT2D eigenvalue weighted by Gasteiger charge is 2.51. The molecule has 0 amide bonds. The molecule has 1 N–H and O–H groups in total. The number of ketones is 1. The Morgan fingerprint density at radius 2 is 1.54 bits per heavy atom. The largest absolute Gasteiger partial charge is 0.458 e. The van der Waals surface area contributed by atoms with Gasteiger partial charge in [-0.15, -0.1) is 0 Å². The highest BCUT2D eigenvalue weighted by atomic mass is 19.1. The molecule has 1 aliphatic heterocycles. The summed E-state index contributed by atoms with van der Waals surface area (Å²) in [5, 5.41) is 3.33. The van der Waals surface area contributed by atoms with E-state index in [1.807, 2.05) is 25.1 Å². The molecule has 6 aliphatic rings. The highest BCUT2D eigenvalue weighted by Crippen LogP contribution is 2.55. The molecule has 178 valence electrons. The first-order chi connectivity index (χ1) is 17.0. The number of ether oxygens (including phenoxy) is 1. The first-order valence-electron chi connectivity index (χ1n) is 12.8. The standard InChI is InChI=1S/C30H28FNO3/c1-15-24(30(34)35-29-18-11-16-10-17(13-18)14-19(29)12-16)25(22-8-4-5-9-23(22)31)26-27(32-15)20-6-2-3-7-21(20)28(26)33/h2-9,16-19,25,29,32H,10-14H2,1H3/t16?,17?,18?,19?,25-,29?/m1/s1. The van der Waals surface area contributed by atoms with Crippen molar-refractivity contribution in [2.45, 2.75) is 51.0 Å². The third-order valence-electron chi connectivity index (χ3n) is 9.07. The van der Waals surface area contributed by atoms with Crippen molar-refractivity contribution in [3.63, 3.8) is 0 Å². The maximum Gasteiger partial charge on any atom is 0.337 e. The Balaban J connectivity index is 1.29. The van der Waals surface area contributed by atoms with Crippen LogP contribution in [0.4, 0.5) is 4.39 Å². The molecule has 4 bridgehead atoms. The number of fused-ring (bicyclic) bond motifs is 2. The van der Waals surface area contributed by atoms with Gasteiger partial charge in [0, 0.05) is 28.0 Å². The van der Waals surface area contributed by atoms with E-state index >= 15 is 4.39 Å². The molecule has 4 fully saturated rings. The summed E-state index contributed by atoms with van der Waals surface area (Å²) >= 11 is 0. The van der Waals surface area contributed by atoms with Gasteiger partial charge in [0.05, 0.1) is 17.2 Å². The lowest BCUT2D eigenvalue weighted by Crippen LogP contribution is -2.50. The van der Waals surface area contributed by atoms with Crippen molar-refractivity contribution in [2.75, 3.05) is 0 Å². The van der Waals surface area contributed by atoms with Gasteiger partial charge in [0.25, 0.3) is 0 Å². The van der Waals surface area contributed by atoms with E-state index in [9.17, 15) is 9.59 Å². The molecule has 2 aromatic carbocycles. The second-order valence-corrected chi connectivity index (χ2v) is 11.1. The number of hydrogen-bond donors (Lipinski definition) is 1. The van der Waals surface area contributed by atoms with E-state index in [1.165, 1.54) is 12.5 Å². The molecule has 0 unspecified atom stereocenters. The van der Waals surface area contributed by atoms with Crippen molar-refractivity contribution in [2.24, 2.45) is 23.7 Å². The van der Waals surface area contributed by atoms with Gasteiger partial charge in [0.2, 0.25) is 0 Å². The number of esters is 1. The molecule has 0 saturated heterocycles. The molecule has 0 spiro atoms. The van der Waals surface area contributed by atoms with Crippen LogP contribution in [0.3, 0.4) is 0 Å². The number of carbonyl (C=O) groups excluding carboxylic acids is 2. The lowest BCUT2D eigenvalue weighted by Gasteiger charge is -2.53. The fraction of sp³-hybridized carbons (Fsp3) is 0.400. The van der Waals surface area contributed by atoms with Crippen LogP contribution in [0.5, 0.6) is 0 Å². The number of benzene rings is 2. The van der Waals surface area contributed by atoms with Crippen molar-refractivity contribution in [1.29, 1.82) is 0 Å². The summed E-state index contributed by atoms with van der Waals surface area (Å²) in [7, 11) is 0. The van der Waals surface area contributed by atoms with Gasteiger partial charge in [-0.05, 0) is 68.8 Å². The minimum Gasteiger partial charge on any atom is -0.458 e. The number of nitrogens with one attached hydrogen (secondary N) is 1. The van der Waals surface area contributed by atoms with Gasteiger partial charge in [0.1, 0.15) is 11.9 Å². The third kappa shape index (κ3) is 3.10. The lowest BCUT2D eigenvalue weighted by molar-refractivity contribution is -0.166. The normalized spacial score (nSPS) is 32.5. The topological polar surface area (TPSA) is 55.4 Å². The summed E-state index contributed by atoms with van der Waals surface area (Å²) in [6.07, 6.45) is 5.81. The molecule has 5 aliphatic carbocycles. The third-order valence-corrected chi connectivity index (χ3v) is 9.07. The van der Waals surface area contributed by atoms with E-state index in [4.69, 9.17) is 4.74 Å². The van der Waals surface area contributed by atoms with Gasteiger partial charge in [-0.25, -0.2) is 9.18 Å². The van der Waals surface area contributed by atoms with Gasteiger partial charge in [-0.2, -0.15) is 0 Å². The quantitative estimate of drug-likeness (QED) is 0.581. The van der Waals surface area contributed by atoms with Crippen LogP contribution in [0.1, 0.15) is 66.4 Å². The van der Waals surface area contributed by atoms with Crippen molar-refractivity contribution in [1.82, 2.24) is 5.32 Å². The molecule has 35 heavy (non-hydrogen) atoms. The van der Waals surface area contributed by atoms with Crippen molar-refractivity contribution < 1.29 is 18.7 Å². The van der Waals surface area contributed by atoms with Gasteiger partial charge in [-0.3, -0.25) is 4.79 Å². The first kappa shape index (κ1) is 21.1.